The molecule has 1 unspecified atom stereocenters. The molecule has 1 fully saturated rings. The molecule has 2 aliphatic rings. The van der Waals surface area contributed by atoms with Gasteiger partial charge in [-0.2, -0.15) is 5.10 Å². The van der Waals surface area contributed by atoms with Crippen LogP contribution in [0.15, 0.2) is 53.6 Å². The number of hydrazone groups is 1. The molecule has 2 aromatic carbocycles. The molecular weight excluding hydrogens is 395 g/mol. The molecule has 4 rings (SSSR count). The molecule has 31 heavy (non-hydrogen) atoms. The number of para-hydroxylation sites is 1. The first-order valence-corrected chi connectivity index (χ1v) is 10.8. The van der Waals surface area contributed by atoms with Gasteiger partial charge < -0.3 is 9.64 Å². The number of likely N-dealkylation sites (N-methyl/N-ethyl adjacent to an activating group) is 1. The molecule has 7 heteroatoms. The van der Waals surface area contributed by atoms with Crippen LogP contribution in [-0.2, 0) is 4.79 Å². The fourth-order valence-electron chi connectivity index (χ4n) is 4.29. The summed E-state index contributed by atoms with van der Waals surface area (Å²) < 4.78 is 19.4. The minimum Gasteiger partial charge on any atom is -0.496 e. The third-order valence-electron chi connectivity index (χ3n) is 6.09. The van der Waals surface area contributed by atoms with Gasteiger partial charge in [0.15, 0.2) is 0 Å². The summed E-state index contributed by atoms with van der Waals surface area (Å²) in [6.07, 6.45) is 0.513. The first-order chi connectivity index (χ1) is 15.1. The monoisotopic (exact) mass is 424 g/mol. The Morgan fingerprint density at radius 2 is 1.84 bits per heavy atom. The van der Waals surface area contributed by atoms with Gasteiger partial charge in [0.25, 0.3) is 5.91 Å². The van der Waals surface area contributed by atoms with E-state index in [-0.39, 0.29) is 17.8 Å². The molecule has 1 saturated heterocycles. The van der Waals surface area contributed by atoms with E-state index in [0.29, 0.717) is 24.2 Å². The van der Waals surface area contributed by atoms with Crippen molar-refractivity contribution in [3.05, 3.63) is 65.5 Å². The molecule has 6 nitrogen and oxygen atoms in total. The zero-order valence-electron chi connectivity index (χ0n) is 18.1. The summed E-state index contributed by atoms with van der Waals surface area (Å²) in [4.78, 5) is 17.9. The Hall–Kier alpha value is -2.77. The van der Waals surface area contributed by atoms with Crippen LogP contribution in [0, 0.1) is 5.82 Å². The van der Waals surface area contributed by atoms with E-state index in [0.717, 1.165) is 44.0 Å². The van der Waals surface area contributed by atoms with Crippen molar-refractivity contribution in [1.29, 1.82) is 0 Å². The van der Waals surface area contributed by atoms with Gasteiger partial charge in [-0.25, -0.2) is 9.40 Å². The summed E-state index contributed by atoms with van der Waals surface area (Å²) >= 11 is 0. The summed E-state index contributed by atoms with van der Waals surface area (Å²) in [6.45, 7) is 7.19. The van der Waals surface area contributed by atoms with Gasteiger partial charge in [-0.3, -0.25) is 9.69 Å². The molecule has 0 aromatic heterocycles. The molecule has 2 aromatic rings. The quantitative estimate of drug-likeness (QED) is 0.715. The van der Waals surface area contributed by atoms with E-state index in [4.69, 9.17) is 4.74 Å². The zero-order valence-corrected chi connectivity index (χ0v) is 18.1. The second-order valence-electron chi connectivity index (χ2n) is 7.97. The second-order valence-corrected chi connectivity index (χ2v) is 7.97. The minimum absolute atomic E-state index is 0.0488. The highest BCUT2D eigenvalue weighted by Gasteiger charge is 2.35. The highest BCUT2D eigenvalue weighted by atomic mass is 19.1. The van der Waals surface area contributed by atoms with Crippen molar-refractivity contribution in [2.75, 3.05) is 46.4 Å². The average molecular weight is 425 g/mol. The highest BCUT2D eigenvalue weighted by molar-refractivity contribution is 6.03. The number of methoxy groups -OCH3 is 1. The Morgan fingerprint density at radius 1 is 1.10 bits per heavy atom. The summed E-state index contributed by atoms with van der Waals surface area (Å²) in [5, 5.41) is 6.24. The van der Waals surface area contributed by atoms with Crippen molar-refractivity contribution >= 4 is 11.6 Å². The van der Waals surface area contributed by atoms with Gasteiger partial charge in [-0.05, 0) is 24.7 Å². The van der Waals surface area contributed by atoms with Crippen LogP contribution in [0.25, 0.3) is 0 Å². The number of halogens is 1. The number of hydrogen-bond acceptors (Lipinski definition) is 5. The van der Waals surface area contributed by atoms with E-state index < -0.39 is 0 Å². The lowest BCUT2D eigenvalue weighted by atomic mass is 9.97. The summed E-state index contributed by atoms with van der Waals surface area (Å²) in [5.41, 5.74) is 2.32. The molecule has 0 aliphatic carbocycles. The van der Waals surface area contributed by atoms with Crippen LogP contribution in [0.3, 0.4) is 0 Å². The fraction of sp³-hybridized carbons (Fsp3) is 0.417. The maximum absolute atomic E-state index is 13.8. The SMILES string of the molecule is CCN1CCN(CC(=O)N2N=C(c3cccc(F)c3)CC2c2ccccc2OC)CC1. The predicted molar refractivity (Wildman–Crippen MR) is 119 cm³/mol. The van der Waals surface area contributed by atoms with Crippen molar-refractivity contribution in [3.8, 4) is 5.75 Å². The number of piperazine rings is 1. The van der Waals surface area contributed by atoms with Crippen LogP contribution in [0.1, 0.15) is 30.5 Å². The topological polar surface area (TPSA) is 48.4 Å². The van der Waals surface area contributed by atoms with Crippen molar-refractivity contribution in [2.45, 2.75) is 19.4 Å². The number of benzene rings is 2. The van der Waals surface area contributed by atoms with Crippen LogP contribution in [-0.4, -0.2) is 72.8 Å². The lowest BCUT2D eigenvalue weighted by Crippen LogP contribution is -2.49. The smallest absolute Gasteiger partial charge is 0.257 e. The Balaban J connectivity index is 1.59. The van der Waals surface area contributed by atoms with Gasteiger partial charge in [0.1, 0.15) is 11.6 Å². The van der Waals surface area contributed by atoms with Gasteiger partial charge in [0.2, 0.25) is 0 Å². The first-order valence-electron chi connectivity index (χ1n) is 10.8. The maximum Gasteiger partial charge on any atom is 0.257 e. The highest BCUT2D eigenvalue weighted by Crippen LogP contribution is 2.37. The van der Waals surface area contributed by atoms with E-state index in [1.807, 2.05) is 30.3 Å². The molecule has 1 amide bonds. The van der Waals surface area contributed by atoms with Crippen molar-refractivity contribution < 1.29 is 13.9 Å². The molecule has 2 aliphatic heterocycles. The number of rotatable bonds is 6. The summed E-state index contributed by atoms with van der Waals surface area (Å²) in [7, 11) is 1.63. The predicted octanol–water partition coefficient (Wildman–Crippen LogP) is 3.15. The van der Waals surface area contributed by atoms with Crippen LogP contribution in [0.2, 0.25) is 0 Å². The van der Waals surface area contributed by atoms with E-state index in [1.54, 1.807) is 18.2 Å². The van der Waals surface area contributed by atoms with Crippen molar-refractivity contribution in [2.24, 2.45) is 5.10 Å². The molecule has 164 valence electrons. The Kier molecular flexibility index (Phi) is 6.63. The Morgan fingerprint density at radius 3 is 2.55 bits per heavy atom. The Bertz CT molecular complexity index is 956. The lowest BCUT2D eigenvalue weighted by molar-refractivity contribution is -0.134. The van der Waals surface area contributed by atoms with Gasteiger partial charge in [-0.1, -0.05) is 37.3 Å². The third-order valence-corrected chi connectivity index (χ3v) is 6.09. The lowest BCUT2D eigenvalue weighted by Gasteiger charge is -2.34. The van der Waals surface area contributed by atoms with Crippen LogP contribution < -0.4 is 4.74 Å². The van der Waals surface area contributed by atoms with Gasteiger partial charge in [0, 0.05) is 43.7 Å². The average Bonchev–Trinajstić information content (AvgIpc) is 3.25. The molecule has 0 saturated carbocycles. The molecule has 0 bridgehead atoms. The molecule has 0 N–H and O–H groups in total. The number of ether oxygens (including phenoxy) is 1. The third kappa shape index (κ3) is 4.78. The molecular formula is C24H29FN4O2. The summed E-state index contributed by atoms with van der Waals surface area (Å²) in [6, 6.07) is 13.8. The van der Waals surface area contributed by atoms with Crippen LogP contribution in [0.4, 0.5) is 4.39 Å². The number of carbonyl (C=O) groups excluding carboxylic acids is 1. The van der Waals surface area contributed by atoms with Crippen LogP contribution in [0.5, 0.6) is 5.75 Å². The van der Waals surface area contributed by atoms with Crippen LogP contribution >= 0.6 is 0 Å². The number of nitrogens with zero attached hydrogens (tertiary/aromatic N) is 4. The largest absolute Gasteiger partial charge is 0.496 e. The molecule has 0 spiro atoms. The molecule has 0 radical (unpaired) electrons. The second kappa shape index (κ2) is 9.58. The van der Waals surface area contributed by atoms with Gasteiger partial charge >= 0.3 is 0 Å². The summed E-state index contributed by atoms with van der Waals surface area (Å²) in [5.74, 6) is 0.359. The number of hydrogen-bond donors (Lipinski definition) is 0. The van der Waals surface area contributed by atoms with E-state index >= 15 is 0 Å². The van der Waals surface area contributed by atoms with Gasteiger partial charge in [0.05, 0.1) is 25.4 Å². The normalized spacial score (nSPS) is 20.0. The number of amides is 1. The first kappa shape index (κ1) is 21.5. The van der Waals surface area contributed by atoms with E-state index in [2.05, 4.69) is 21.8 Å². The minimum atomic E-state index is -0.312. The standard InChI is InChI=1S/C24H29FN4O2/c1-3-27-11-13-28(14-12-27)17-24(30)29-22(20-9-4-5-10-23(20)31-2)16-21(26-29)18-7-6-8-19(25)15-18/h4-10,15,22H,3,11-14,16-17H2,1-2H3. The van der Waals surface area contributed by atoms with E-state index in [1.165, 1.54) is 12.1 Å². The van der Waals surface area contributed by atoms with Crippen molar-refractivity contribution in [3.63, 3.8) is 0 Å². The van der Waals surface area contributed by atoms with Gasteiger partial charge in [-0.15, -0.1) is 0 Å². The number of carbonyl (C=O) groups is 1. The molecule has 1 atom stereocenters. The van der Waals surface area contributed by atoms with E-state index in [9.17, 15) is 9.18 Å². The molecule has 2 heterocycles. The zero-order chi connectivity index (χ0) is 21.8. The van der Waals surface area contributed by atoms with Crippen molar-refractivity contribution in [1.82, 2.24) is 14.8 Å². The Labute approximate surface area is 182 Å². The fourth-order valence-corrected chi connectivity index (χ4v) is 4.29. The maximum atomic E-state index is 13.8.